The monoisotopic (exact) mass is 394 g/mol. The zero-order chi connectivity index (χ0) is 19.9. The van der Waals surface area contributed by atoms with Crippen LogP contribution in [-0.4, -0.2) is 27.5 Å². The molecular formula is C20H34N4O2S. The van der Waals surface area contributed by atoms with E-state index < -0.39 is 10.0 Å². The van der Waals surface area contributed by atoms with Gasteiger partial charge in [-0.25, -0.2) is 18.5 Å². The van der Waals surface area contributed by atoms with Crippen LogP contribution in [0.1, 0.15) is 58.4 Å². The van der Waals surface area contributed by atoms with Gasteiger partial charge in [0.05, 0.1) is 11.4 Å². The molecule has 2 rings (SSSR count). The lowest BCUT2D eigenvalue weighted by Gasteiger charge is -2.32. The van der Waals surface area contributed by atoms with Crippen LogP contribution in [-0.2, 0) is 16.6 Å². The summed E-state index contributed by atoms with van der Waals surface area (Å²) in [5.74, 6) is 1.50. The summed E-state index contributed by atoms with van der Waals surface area (Å²) >= 11 is 0. The average Bonchev–Trinajstić information content (AvgIpc) is 3.05. The van der Waals surface area contributed by atoms with E-state index in [2.05, 4.69) is 36.4 Å². The number of hydrogen-bond donors (Lipinski definition) is 3. The van der Waals surface area contributed by atoms with E-state index in [9.17, 15) is 8.42 Å². The van der Waals surface area contributed by atoms with Gasteiger partial charge in [-0.2, -0.15) is 0 Å². The summed E-state index contributed by atoms with van der Waals surface area (Å²) in [6.45, 7) is 8.87. The third-order valence-electron chi connectivity index (χ3n) is 5.15. The molecule has 0 radical (unpaired) electrons. The summed E-state index contributed by atoms with van der Waals surface area (Å²) in [6, 6.07) is 6.56. The van der Waals surface area contributed by atoms with E-state index in [-0.39, 0.29) is 4.90 Å². The highest BCUT2D eigenvalue weighted by Crippen LogP contribution is 2.42. The van der Waals surface area contributed by atoms with E-state index in [1.54, 1.807) is 12.1 Å². The first kappa shape index (κ1) is 21.7. The molecule has 1 fully saturated rings. The minimum Gasteiger partial charge on any atom is -0.357 e. The van der Waals surface area contributed by atoms with E-state index >= 15 is 0 Å². The van der Waals surface area contributed by atoms with Crippen molar-refractivity contribution in [3.63, 3.8) is 0 Å². The lowest BCUT2D eigenvalue weighted by atomic mass is 9.78. The fourth-order valence-electron chi connectivity index (χ4n) is 4.01. The Morgan fingerprint density at radius 3 is 2.33 bits per heavy atom. The predicted octanol–water partition coefficient (Wildman–Crippen LogP) is 3.00. The van der Waals surface area contributed by atoms with Gasteiger partial charge in [-0.15, -0.1) is 0 Å². The molecule has 1 saturated carbocycles. The first-order valence-corrected chi connectivity index (χ1v) is 11.4. The number of nitrogens with two attached hydrogens (primary N) is 1. The largest absolute Gasteiger partial charge is 0.357 e. The summed E-state index contributed by atoms with van der Waals surface area (Å²) in [4.78, 5) is 4.78. The predicted molar refractivity (Wildman–Crippen MR) is 111 cm³/mol. The van der Waals surface area contributed by atoms with Crippen LogP contribution in [0.5, 0.6) is 0 Å². The minimum absolute atomic E-state index is 0.122. The first-order valence-electron chi connectivity index (χ1n) is 9.88. The summed E-state index contributed by atoms with van der Waals surface area (Å²) in [5, 5.41) is 12.0. The normalized spacial score (nSPS) is 17.3. The highest BCUT2D eigenvalue weighted by atomic mass is 32.2. The number of rotatable bonds is 8. The lowest BCUT2D eigenvalue weighted by Crippen LogP contribution is -2.43. The quantitative estimate of drug-likeness (QED) is 0.466. The molecule has 27 heavy (non-hydrogen) atoms. The van der Waals surface area contributed by atoms with E-state index in [0.29, 0.717) is 17.9 Å². The van der Waals surface area contributed by atoms with Crippen LogP contribution in [0.25, 0.3) is 0 Å². The fraction of sp³-hybridized carbons (Fsp3) is 0.650. The van der Waals surface area contributed by atoms with Crippen LogP contribution in [0, 0.1) is 11.3 Å². The second-order valence-electron chi connectivity index (χ2n) is 8.04. The standard InChI is InChI=1S/C20H34N4O2S/c1-4-22-19(24-15-20(13-16(2)3)11-5-6-12-20)23-14-17-7-9-18(10-8-17)27(21,25)26/h7-10,16H,4-6,11-15H2,1-3H3,(H2,21,25,26)(H2,22,23,24). The number of guanidine groups is 1. The second-order valence-corrected chi connectivity index (χ2v) is 9.60. The van der Waals surface area contributed by atoms with Crippen molar-refractivity contribution in [2.75, 3.05) is 13.1 Å². The number of primary sulfonamides is 1. The summed E-state index contributed by atoms with van der Waals surface area (Å²) in [7, 11) is -3.65. The van der Waals surface area contributed by atoms with Gasteiger partial charge in [-0.3, -0.25) is 0 Å². The van der Waals surface area contributed by atoms with Crippen LogP contribution in [0.4, 0.5) is 0 Å². The molecule has 0 aromatic heterocycles. The van der Waals surface area contributed by atoms with Gasteiger partial charge in [-0.1, -0.05) is 38.8 Å². The molecule has 0 heterocycles. The maximum absolute atomic E-state index is 11.3. The molecule has 1 aliphatic rings. The smallest absolute Gasteiger partial charge is 0.238 e. The number of sulfonamides is 1. The number of nitrogens with zero attached hydrogens (tertiary/aromatic N) is 1. The molecule has 6 nitrogen and oxygen atoms in total. The number of benzene rings is 1. The van der Waals surface area contributed by atoms with Gasteiger partial charge in [0.2, 0.25) is 10.0 Å². The summed E-state index contributed by atoms with van der Waals surface area (Å²) < 4.78 is 22.7. The molecule has 7 heteroatoms. The van der Waals surface area contributed by atoms with Gasteiger partial charge in [0, 0.05) is 13.1 Å². The van der Waals surface area contributed by atoms with Crippen LogP contribution >= 0.6 is 0 Å². The molecule has 0 unspecified atom stereocenters. The van der Waals surface area contributed by atoms with E-state index in [0.717, 1.165) is 24.6 Å². The Labute approximate surface area is 164 Å². The van der Waals surface area contributed by atoms with Crippen molar-refractivity contribution in [1.82, 2.24) is 10.6 Å². The van der Waals surface area contributed by atoms with Crippen LogP contribution in [0.3, 0.4) is 0 Å². The molecular weight excluding hydrogens is 360 g/mol. The van der Waals surface area contributed by atoms with Crippen molar-refractivity contribution in [1.29, 1.82) is 0 Å². The molecule has 0 aliphatic heterocycles. The average molecular weight is 395 g/mol. The number of nitrogens with one attached hydrogen (secondary N) is 2. The van der Waals surface area contributed by atoms with E-state index in [4.69, 9.17) is 5.14 Å². The molecule has 0 atom stereocenters. The maximum Gasteiger partial charge on any atom is 0.238 e. The molecule has 0 bridgehead atoms. The third-order valence-corrected chi connectivity index (χ3v) is 6.08. The molecule has 4 N–H and O–H groups in total. The van der Waals surface area contributed by atoms with Crippen molar-refractivity contribution < 1.29 is 8.42 Å². The molecule has 0 spiro atoms. The van der Waals surface area contributed by atoms with Gasteiger partial charge in [0.1, 0.15) is 0 Å². The fourth-order valence-corrected chi connectivity index (χ4v) is 4.53. The topological polar surface area (TPSA) is 96.6 Å². The second kappa shape index (κ2) is 9.55. The molecule has 0 amide bonds. The Kier molecular flexibility index (Phi) is 7.68. The van der Waals surface area contributed by atoms with Crippen molar-refractivity contribution in [3.8, 4) is 0 Å². The van der Waals surface area contributed by atoms with Crippen molar-refractivity contribution in [2.24, 2.45) is 21.5 Å². The molecule has 1 aromatic carbocycles. The van der Waals surface area contributed by atoms with Crippen molar-refractivity contribution >= 4 is 16.0 Å². The van der Waals surface area contributed by atoms with Gasteiger partial charge >= 0.3 is 0 Å². The number of hydrogen-bond acceptors (Lipinski definition) is 3. The van der Waals surface area contributed by atoms with Gasteiger partial charge in [-0.05, 0) is 55.2 Å². The molecule has 1 aliphatic carbocycles. The first-order chi connectivity index (χ1) is 12.7. The Balaban J connectivity index is 2.01. The van der Waals surface area contributed by atoms with E-state index in [1.165, 1.54) is 44.2 Å². The molecule has 1 aromatic rings. The Hall–Kier alpha value is -1.60. The van der Waals surface area contributed by atoms with Crippen LogP contribution < -0.4 is 15.8 Å². The van der Waals surface area contributed by atoms with Crippen molar-refractivity contribution in [3.05, 3.63) is 29.8 Å². The molecule has 0 saturated heterocycles. The van der Waals surface area contributed by atoms with Gasteiger partial charge < -0.3 is 10.6 Å². The highest BCUT2D eigenvalue weighted by molar-refractivity contribution is 7.89. The number of aliphatic imine (C=N–C) groups is 1. The zero-order valence-electron chi connectivity index (χ0n) is 16.8. The third kappa shape index (κ3) is 6.81. The Bertz CT molecular complexity index is 721. The van der Waals surface area contributed by atoms with Crippen LogP contribution in [0.2, 0.25) is 0 Å². The maximum atomic E-state index is 11.3. The lowest BCUT2D eigenvalue weighted by molar-refractivity contribution is 0.235. The van der Waals surface area contributed by atoms with Crippen molar-refractivity contribution in [2.45, 2.75) is 64.3 Å². The Morgan fingerprint density at radius 1 is 1.19 bits per heavy atom. The minimum atomic E-state index is -3.65. The van der Waals surface area contributed by atoms with Gasteiger partial charge in [0.15, 0.2) is 5.96 Å². The molecule has 152 valence electrons. The highest BCUT2D eigenvalue weighted by Gasteiger charge is 2.34. The SMILES string of the molecule is CCNC(=NCc1ccc(S(N)(=O)=O)cc1)NCC1(CC(C)C)CCCC1. The Morgan fingerprint density at radius 2 is 1.81 bits per heavy atom. The van der Waals surface area contributed by atoms with Crippen LogP contribution in [0.15, 0.2) is 34.2 Å². The summed E-state index contributed by atoms with van der Waals surface area (Å²) in [5.41, 5.74) is 1.32. The summed E-state index contributed by atoms with van der Waals surface area (Å²) in [6.07, 6.45) is 6.45. The van der Waals surface area contributed by atoms with Gasteiger partial charge in [0.25, 0.3) is 0 Å². The van der Waals surface area contributed by atoms with E-state index in [1.807, 2.05) is 0 Å². The zero-order valence-corrected chi connectivity index (χ0v) is 17.6.